The lowest BCUT2D eigenvalue weighted by Crippen LogP contribution is -2.53. The van der Waals surface area contributed by atoms with Crippen molar-refractivity contribution in [1.29, 1.82) is 0 Å². The Morgan fingerprint density at radius 2 is 0.929 bits per heavy atom. The summed E-state index contributed by atoms with van der Waals surface area (Å²) in [6.07, 6.45) is 9.30. The third kappa shape index (κ3) is 8.90. The number of carbonyl (C=O) groups excluding carboxylic acids is 4. The van der Waals surface area contributed by atoms with E-state index in [0.717, 1.165) is 96.7 Å². The molecule has 0 radical (unpaired) electrons. The quantitative estimate of drug-likeness (QED) is 0.125. The molecule has 14 nitrogen and oxygen atoms in total. The molecule has 2 aliphatic rings. The van der Waals surface area contributed by atoms with Crippen LogP contribution in [0.15, 0.2) is 60.9 Å². The molecule has 2 unspecified atom stereocenters. The molecule has 4 aromatic rings. The van der Waals surface area contributed by atoms with Gasteiger partial charge in [-0.2, -0.15) is 0 Å². The monoisotopic (exact) mass is 766 g/mol. The predicted molar refractivity (Wildman–Crippen MR) is 211 cm³/mol. The van der Waals surface area contributed by atoms with Crippen molar-refractivity contribution < 1.29 is 28.7 Å². The summed E-state index contributed by atoms with van der Waals surface area (Å²) < 4.78 is 9.51. The minimum Gasteiger partial charge on any atom is -0.452 e. The summed E-state index contributed by atoms with van der Waals surface area (Å²) in [5.41, 5.74) is 11.0. The van der Waals surface area contributed by atoms with Crippen LogP contribution in [0, 0.1) is 11.8 Å². The molecule has 2 aromatic heterocycles. The van der Waals surface area contributed by atoms with Gasteiger partial charge in [0.1, 0.15) is 11.6 Å². The Morgan fingerprint density at radius 1 is 0.589 bits per heavy atom. The molecule has 0 saturated heterocycles. The summed E-state index contributed by atoms with van der Waals surface area (Å²) in [4.78, 5) is 67.8. The van der Waals surface area contributed by atoms with Crippen molar-refractivity contribution in [2.75, 3.05) is 14.2 Å². The summed E-state index contributed by atoms with van der Waals surface area (Å²) >= 11 is 0. The lowest BCUT2D eigenvalue weighted by Gasteiger charge is -2.35. The highest BCUT2D eigenvalue weighted by Gasteiger charge is 2.39. The maximum Gasteiger partial charge on any atom is 0.425 e. The van der Waals surface area contributed by atoms with Gasteiger partial charge in [-0.05, 0) is 75.6 Å². The maximum atomic E-state index is 13.7. The van der Waals surface area contributed by atoms with E-state index >= 15 is 0 Å². The molecule has 56 heavy (non-hydrogen) atoms. The van der Waals surface area contributed by atoms with Crippen molar-refractivity contribution in [3.8, 4) is 33.6 Å². The van der Waals surface area contributed by atoms with Gasteiger partial charge in [0.05, 0.1) is 38.0 Å². The summed E-state index contributed by atoms with van der Waals surface area (Å²) in [5, 5.41) is 2.76. The van der Waals surface area contributed by atoms with Gasteiger partial charge in [0.25, 0.3) is 0 Å². The number of aromatic amines is 2. The number of nitrogens with zero attached hydrogens (tertiary/aromatic N) is 4. The minimum absolute atomic E-state index is 0.0911. The molecule has 298 valence electrons. The molecular formula is C42H54N8O6. The Hall–Kier alpha value is -5.66. The van der Waals surface area contributed by atoms with Gasteiger partial charge in [-0.1, -0.05) is 74.2 Å². The number of amides is 4. The Labute approximate surface area is 328 Å². The van der Waals surface area contributed by atoms with Crippen molar-refractivity contribution in [2.45, 2.75) is 103 Å². The first-order chi connectivity index (χ1) is 27.0. The van der Waals surface area contributed by atoms with E-state index in [1.54, 1.807) is 0 Å². The van der Waals surface area contributed by atoms with Gasteiger partial charge < -0.3 is 19.4 Å². The molecule has 6 rings (SSSR count). The van der Waals surface area contributed by atoms with Crippen LogP contribution < -0.4 is 10.9 Å². The number of nitrogens with one attached hydrogen (secondary N) is 4. The number of hydrazine groups is 2. The first kappa shape index (κ1) is 40.0. The van der Waals surface area contributed by atoms with Gasteiger partial charge in [0, 0.05) is 35.8 Å². The van der Waals surface area contributed by atoms with Crippen molar-refractivity contribution in [1.82, 2.24) is 40.8 Å². The fourth-order valence-corrected chi connectivity index (χ4v) is 8.06. The molecule has 2 fully saturated rings. The molecule has 2 heterocycles. The number of hydrogen-bond donors (Lipinski definition) is 4. The summed E-state index contributed by atoms with van der Waals surface area (Å²) in [6.45, 7) is 7.44. The number of benzene rings is 2. The second-order valence-electron chi connectivity index (χ2n) is 15.3. The molecule has 0 bridgehead atoms. The largest absolute Gasteiger partial charge is 0.452 e. The fourth-order valence-electron chi connectivity index (χ4n) is 8.06. The average molecular weight is 767 g/mol. The number of ether oxygens (including phenoxy) is 2. The van der Waals surface area contributed by atoms with Gasteiger partial charge in [0.15, 0.2) is 0 Å². The van der Waals surface area contributed by atoms with Crippen LogP contribution in [0.25, 0.3) is 33.6 Å². The van der Waals surface area contributed by atoms with E-state index in [4.69, 9.17) is 19.4 Å². The highest BCUT2D eigenvalue weighted by atomic mass is 16.5. The van der Waals surface area contributed by atoms with E-state index in [2.05, 4.69) is 69.4 Å². The van der Waals surface area contributed by atoms with E-state index in [1.807, 2.05) is 40.1 Å². The average Bonchev–Trinajstić information content (AvgIpc) is 3.93. The van der Waals surface area contributed by atoms with Crippen molar-refractivity contribution >= 4 is 24.0 Å². The Kier molecular flexibility index (Phi) is 12.8. The van der Waals surface area contributed by atoms with E-state index < -0.39 is 12.2 Å². The van der Waals surface area contributed by atoms with Gasteiger partial charge >= 0.3 is 12.2 Å². The van der Waals surface area contributed by atoms with Crippen LogP contribution >= 0.6 is 0 Å². The Morgan fingerprint density at radius 3 is 1.27 bits per heavy atom. The van der Waals surface area contributed by atoms with Gasteiger partial charge in [-0.15, -0.1) is 0 Å². The fraction of sp³-hybridized carbons (Fsp3) is 0.476. The van der Waals surface area contributed by atoms with Gasteiger partial charge in [0.2, 0.25) is 11.8 Å². The van der Waals surface area contributed by atoms with E-state index in [-0.39, 0.29) is 47.6 Å². The first-order valence-electron chi connectivity index (χ1n) is 19.6. The second kappa shape index (κ2) is 17.9. The molecule has 0 aliphatic heterocycles. The maximum absolute atomic E-state index is 13.7. The Bertz CT molecular complexity index is 1830. The van der Waals surface area contributed by atoms with Gasteiger partial charge in [-0.25, -0.2) is 40.4 Å². The third-order valence-electron chi connectivity index (χ3n) is 11.1. The summed E-state index contributed by atoms with van der Waals surface area (Å²) in [5.74, 6) is 0.480. The zero-order valence-corrected chi connectivity index (χ0v) is 33.1. The third-order valence-corrected chi connectivity index (χ3v) is 11.1. The molecule has 4 N–H and O–H groups in total. The molecule has 2 aliphatic carbocycles. The topological polar surface area (TPSA) is 175 Å². The number of rotatable bonds is 9. The molecule has 2 aromatic carbocycles. The minimum atomic E-state index is -0.669. The highest BCUT2D eigenvalue weighted by Crippen LogP contribution is 2.40. The number of methoxy groups -OCH3 is 2. The lowest BCUT2D eigenvalue weighted by molar-refractivity contribution is -0.143. The van der Waals surface area contributed by atoms with E-state index in [1.165, 1.54) is 24.2 Å². The second-order valence-corrected chi connectivity index (χ2v) is 15.3. The standard InChI is InChI=1S/C42H54N8O6/c1-25(2)49(47-41(53)55-5)39(51)33-13-9-7-11-31(33)37-43-23-35(45-37)29-19-15-27(16-20-29)28-17-21-30(22-18-28)36-24-44-38(46-36)32-12-8-10-14-34(32)40(52)50(26(3)4)48-42(54)56-6/h15-26,31-34H,7-14H2,1-6H3,(H,43,45)(H,44,46)(H,47,53)(H,48,54)/t31-,32+,33?,34?. The SMILES string of the molecule is COC(=O)NN(C(=O)C1CCCC[C@@H]1c1ncc(-c2ccc(-c3ccc(-c4cnc([C@@H]5CCCCC5C(=O)N(NC(=O)OC)C(C)C)[nH]4)cc3)cc2)[nH]1)C(C)C. The van der Waals surface area contributed by atoms with Crippen LogP contribution in [0.1, 0.15) is 103 Å². The molecular weight excluding hydrogens is 713 g/mol. The lowest BCUT2D eigenvalue weighted by atomic mass is 9.78. The molecule has 14 heteroatoms. The van der Waals surface area contributed by atoms with Crippen LogP contribution in [0.4, 0.5) is 9.59 Å². The molecule has 2 saturated carbocycles. The predicted octanol–water partition coefficient (Wildman–Crippen LogP) is 7.70. The Balaban J connectivity index is 1.12. The molecule has 0 spiro atoms. The van der Waals surface area contributed by atoms with Gasteiger partial charge in [-0.3, -0.25) is 9.59 Å². The van der Waals surface area contributed by atoms with Crippen molar-refractivity contribution in [3.63, 3.8) is 0 Å². The number of H-pyrrole nitrogens is 2. The number of aromatic nitrogens is 4. The molecule has 4 amide bonds. The number of carbonyl (C=O) groups is 4. The number of hydrogen-bond acceptors (Lipinski definition) is 8. The van der Waals surface area contributed by atoms with Crippen LogP contribution in [0.3, 0.4) is 0 Å². The van der Waals surface area contributed by atoms with Crippen LogP contribution in [0.2, 0.25) is 0 Å². The molecule has 4 atom stereocenters. The van der Waals surface area contributed by atoms with Crippen molar-refractivity contribution in [2.24, 2.45) is 11.8 Å². The highest BCUT2D eigenvalue weighted by molar-refractivity contribution is 5.83. The van der Waals surface area contributed by atoms with E-state index in [0.29, 0.717) is 0 Å². The van der Waals surface area contributed by atoms with Crippen LogP contribution in [0.5, 0.6) is 0 Å². The smallest absolute Gasteiger partial charge is 0.425 e. The zero-order valence-electron chi connectivity index (χ0n) is 33.1. The first-order valence-corrected chi connectivity index (χ1v) is 19.6. The van der Waals surface area contributed by atoms with E-state index in [9.17, 15) is 19.2 Å². The summed E-state index contributed by atoms with van der Waals surface area (Å²) in [7, 11) is 2.56. The number of imidazole rings is 2. The van der Waals surface area contributed by atoms with Crippen LogP contribution in [-0.2, 0) is 19.1 Å². The zero-order chi connectivity index (χ0) is 39.9. The normalized spacial score (nSPS) is 19.6. The van der Waals surface area contributed by atoms with Crippen molar-refractivity contribution in [3.05, 3.63) is 72.6 Å². The van der Waals surface area contributed by atoms with Crippen LogP contribution in [-0.4, -0.2) is 80.3 Å². The summed E-state index contributed by atoms with van der Waals surface area (Å²) in [6, 6.07) is 16.1.